The van der Waals surface area contributed by atoms with Crippen molar-refractivity contribution in [3.8, 4) is 22.4 Å². The molecule has 0 saturated heterocycles. The van der Waals surface area contributed by atoms with Crippen LogP contribution < -0.4 is 0 Å². The van der Waals surface area contributed by atoms with Crippen LogP contribution in [0.3, 0.4) is 0 Å². The fraction of sp³-hybridized carbons (Fsp3) is 0.370. The van der Waals surface area contributed by atoms with Crippen molar-refractivity contribution in [2.45, 2.75) is 50.9 Å². The van der Waals surface area contributed by atoms with Gasteiger partial charge >= 0.3 is 0 Å². The first kappa shape index (κ1) is 19.2. The quantitative estimate of drug-likeness (QED) is 0.318. The molecule has 3 aliphatic rings. The number of nitrogens with zero attached hydrogens (tertiary/aromatic N) is 1. The Morgan fingerprint density at radius 2 is 1.79 bits per heavy atom. The number of hydrogen-bond acceptors (Lipinski definition) is 1. The van der Waals surface area contributed by atoms with E-state index in [1.807, 2.05) is 12.3 Å². The molecule has 1 nitrogen and oxygen atoms in total. The van der Waals surface area contributed by atoms with Crippen molar-refractivity contribution < 1.29 is 20.1 Å². The molecule has 0 aliphatic heterocycles. The van der Waals surface area contributed by atoms with Gasteiger partial charge in [0, 0.05) is 26.3 Å². The number of pyridine rings is 1. The van der Waals surface area contributed by atoms with Gasteiger partial charge in [-0.2, -0.15) is 0 Å². The molecule has 2 heteroatoms. The van der Waals surface area contributed by atoms with E-state index in [2.05, 4.69) is 67.4 Å². The Morgan fingerprint density at radius 1 is 0.931 bits per heavy atom. The third kappa shape index (κ3) is 2.72. The summed E-state index contributed by atoms with van der Waals surface area (Å²) in [5.74, 6) is 2.62. The molecule has 2 aromatic carbocycles. The third-order valence-electron chi connectivity index (χ3n) is 7.69. The summed E-state index contributed by atoms with van der Waals surface area (Å²) in [4.78, 5) is 4.65. The van der Waals surface area contributed by atoms with Crippen molar-refractivity contribution in [1.29, 1.82) is 0 Å². The van der Waals surface area contributed by atoms with Crippen LogP contribution in [0.15, 0.2) is 54.7 Å². The van der Waals surface area contributed by atoms with Gasteiger partial charge in [-0.1, -0.05) is 56.2 Å². The van der Waals surface area contributed by atoms with Gasteiger partial charge in [-0.3, -0.25) is 0 Å². The summed E-state index contributed by atoms with van der Waals surface area (Å²) in [6.07, 6.45) is 7.62. The molecule has 0 N–H and O–H groups in total. The summed E-state index contributed by atoms with van der Waals surface area (Å²) in [6, 6.07) is 21.1. The Kier molecular flexibility index (Phi) is 4.57. The van der Waals surface area contributed by atoms with Crippen molar-refractivity contribution in [2.24, 2.45) is 11.8 Å². The molecular formula is C27H26IrN-. The second kappa shape index (κ2) is 6.89. The Labute approximate surface area is 187 Å². The van der Waals surface area contributed by atoms with Crippen LogP contribution in [0.25, 0.3) is 22.4 Å². The molecular weight excluding hydrogens is 531 g/mol. The summed E-state index contributed by atoms with van der Waals surface area (Å²) < 4.78 is 0. The van der Waals surface area contributed by atoms with Crippen LogP contribution in [-0.4, -0.2) is 4.98 Å². The fourth-order valence-corrected chi connectivity index (χ4v) is 6.64. The van der Waals surface area contributed by atoms with E-state index in [9.17, 15) is 0 Å². The molecule has 3 aromatic rings. The molecule has 149 valence electrons. The maximum Gasteiger partial charge on any atom is 0.0160 e. The summed E-state index contributed by atoms with van der Waals surface area (Å²) in [5, 5.41) is 0. The monoisotopic (exact) mass is 557 g/mol. The van der Waals surface area contributed by atoms with Crippen LogP contribution >= 0.6 is 0 Å². The second-order valence-electron chi connectivity index (χ2n) is 9.53. The summed E-state index contributed by atoms with van der Waals surface area (Å²) in [6.45, 7) is 4.82. The Morgan fingerprint density at radius 3 is 2.52 bits per heavy atom. The first-order valence-electron chi connectivity index (χ1n) is 10.7. The smallest absolute Gasteiger partial charge is 0.0160 e. The molecule has 6 rings (SSSR count). The van der Waals surface area contributed by atoms with E-state index in [1.54, 1.807) is 11.1 Å². The largest absolute Gasteiger partial charge is 0.305 e. The SMILES string of the molecule is CC1(C)c2c(-c3ccccn3)[c-]ccc2-c2cccc(C3CC4CCC3C4)c21.[Ir]. The van der Waals surface area contributed by atoms with Gasteiger partial charge in [-0.15, -0.1) is 29.3 Å². The van der Waals surface area contributed by atoms with E-state index in [0.29, 0.717) is 0 Å². The molecule has 29 heavy (non-hydrogen) atoms. The molecule has 1 aromatic heterocycles. The predicted octanol–water partition coefficient (Wildman–Crippen LogP) is 6.76. The van der Waals surface area contributed by atoms with Crippen molar-refractivity contribution in [3.05, 3.63) is 77.5 Å². The van der Waals surface area contributed by atoms with Gasteiger partial charge in [0.1, 0.15) is 0 Å². The van der Waals surface area contributed by atoms with E-state index in [1.165, 1.54) is 42.4 Å². The van der Waals surface area contributed by atoms with Crippen molar-refractivity contribution in [3.63, 3.8) is 0 Å². The topological polar surface area (TPSA) is 12.9 Å². The molecule has 1 heterocycles. The zero-order valence-electron chi connectivity index (χ0n) is 17.0. The van der Waals surface area contributed by atoms with Gasteiger partial charge in [0.25, 0.3) is 0 Å². The Hall–Kier alpha value is -1.76. The van der Waals surface area contributed by atoms with Gasteiger partial charge < -0.3 is 4.98 Å². The van der Waals surface area contributed by atoms with Crippen molar-refractivity contribution >= 4 is 0 Å². The normalized spacial score (nSPS) is 25.4. The minimum Gasteiger partial charge on any atom is -0.305 e. The molecule has 3 aliphatic carbocycles. The van der Waals surface area contributed by atoms with Crippen LogP contribution in [0.4, 0.5) is 0 Å². The summed E-state index contributed by atoms with van der Waals surface area (Å²) >= 11 is 0. The van der Waals surface area contributed by atoms with Crippen molar-refractivity contribution in [2.75, 3.05) is 0 Å². The number of fused-ring (bicyclic) bond motifs is 5. The van der Waals surface area contributed by atoms with Gasteiger partial charge in [-0.25, -0.2) is 0 Å². The molecule has 3 unspecified atom stereocenters. The van der Waals surface area contributed by atoms with Crippen LogP contribution in [0.1, 0.15) is 62.1 Å². The summed E-state index contributed by atoms with van der Waals surface area (Å²) in [5.41, 5.74) is 9.58. The first-order chi connectivity index (χ1) is 13.6. The van der Waals surface area contributed by atoms with Gasteiger partial charge in [0.15, 0.2) is 0 Å². The maximum absolute atomic E-state index is 4.65. The molecule has 0 spiro atoms. The molecule has 2 fully saturated rings. The van der Waals surface area contributed by atoms with Crippen molar-refractivity contribution in [1.82, 2.24) is 4.98 Å². The number of aromatic nitrogens is 1. The minimum atomic E-state index is -0.0201. The summed E-state index contributed by atoms with van der Waals surface area (Å²) in [7, 11) is 0. The maximum atomic E-state index is 4.65. The Bertz CT molecular complexity index is 1070. The average molecular weight is 557 g/mol. The first-order valence-corrected chi connectivity index (χ1v) is 10.7. The van der Waals surface area contributed by atoms with Crippen LogP contribution in [-0.2, 0) is 25.5 Å². The standard InChI is InChI=1S/C27H26N.Ir/c1-27(2)25-19(7-5-9-21(25)23-16-17-12-13-18(23)15-17)20-8-6-10-22(26(20)27)24-11-3-4-14-28-24;/h3-9,11,14,17-18,23H,12-13,15-16H2,1-2H3;/q-1;. The van der Waals surface area contributed by atoms with Crippen LogP contribution in [0.5, 0.6) is 0 Å². The van der Waals surface area contributed by atoms with E-state index < -0.39 is 0 Å². The Balaban J connectivity index is 0.00000181. The second-order valence-corrected chi connectivity index (χ2v) is 9.53. The van der Waals surface area contributed by atoms with Gasteiger partial charge in [0.05, 0.1) is 0 Å². The average Bonchev–Trinajstić information content (AvgIpc) is 3.42. The molecule has 2 bridgehead atoms. The number of benzene rings is 2. The van der Waals surface area contributed by atoms with E-state index in [0.717, 1.165) is 29.0 Å². The van der Waals surface area contributed by atoms with Gasteiger partial charge in [0.2, 0.25) is 0 Å². The zero-order valence-corrected chi connectivity index (χ0v) is 19.4. The number of hydrogen-bond donors (Lipinski definition) is 0. The zero-order chi connectivity index (χ0) is 18.9. The predicted molar refractivity (Wildman–Crippen MR) is 114 cm³/mol. The van der Waals surface area contributed by atoms with Gasteiger partial charge in [-0.05, 0) is 70.9 Å². The van der Waals surface area contributed by atoms with E-state index in [4.69, 9.17) is 0 Å². The molecule has 1 radical (unpaired) electrons. The van der Waals surface area contributed by atoms with Crippen LogP contribution in [0.2, 0.25) is 0 Å². The minimum absolute atomic E-state index is 0. The molecule has 2 saturated carbocycles. The van der Waals surface area contributed by atoms with Crippen LogP contribution in [0, 0.1) is 17.9 Å². The molecule has 0 amide bonds. The van der Waals surface area contributed by atoms with E-state index in [-0.39, 0.29) is 25.5 Å². The number of rotatable bonds is 2. The fourth-order valence-electron chi connectivity index (χ4n) is 6.64. The third-order valence-corrected chi connectivity index (χ3v) is 7.69. The van der Waals surface area contributed by atoms with E-state index >= 15 is 0 Å². The molecule has 3 atom stereocenters.